The SMILES string of the molecule is N=C1c2ccccc2CN1C(CC1CCCCC1)C(=O)Cc1nccs1. The molecule has 136 valence electrons. The van der Waals surface area contributed by atoms with Gasteiger partial charge in [0.25, 0.3) is 0 Å². The van der Waals surface area contributed by atoms with E-state index in [1.807, 2.05) is 28.5 Å². The lowest BCUT2D eigenvalue weighted by Gasteiger charge is -2.32. The molecule has 0 spiro atoms. The fraction of sp³-hybridized carbons (Fsp3) is 0.476. The van der Waals surface area contributed by atoms with E-state index in [-0.39, 0.29) is 11.8 Å². The van der Waals surface area contributed by atoms with Crippen molar-refractivity contribution in [1.29, 1.82) is 5.41 Å². The van der Waals surface area contributed by atoms with Crippen LogP contribution >= 0.6 is 11.3 Å². The summed E-state index contributed by atoms with van der Waals surface area (Å²) in [6.45, 7) is 0.677. The number of carbonyl (C=O) groups is 1. The molecule has 1 aromatic heterocycles. The molecular weight excluding hydrogens is 342 g/mol. The molecule has 4 nitrogen and oxygen atoms in total. The predicted molar refractivity (Wildman–Crippen MR) is 105 cm³/mol. The van der Waals surface area contributed by atoms with Crippen molar-refractivity contribution in [3.8, 4) is 0 Å². The number of amidine groups is 1. The molecule has 4 rings (SSSR count). The molecule has 1 aromatic carbocycles. The standard InChI is InChI=1S/C21H25N3OS/c22-21-17-9-5-4-8-16(17)14-24(21)18(12-15-6-2-1-3-7-15)19(25)13-20-23-10-11-26-20/h4-5,8-11,15,18,22H,1-3,6-7,12-14H2. The molecule has 1 saturated carbocycles. The van der Waals surface area contributed by atoms with Gasteiger partial charge in [-0.1, -0.05) is 56.4 Å². The quantitative estimate of drug-likeness (QED) is 0.821. The summed E-state index contributed by atoms with van der Waals surface area (Å²) in [5, 5.41) is 11.4. The minimum absolute atomic E-state index is 0.207. The van der Waals surface area contributed by atoms with E-state index >= 15 is 0 Å². The largest absolute Gasteiger partial charge is 0.342 e. The molecular formula is C21H25N3OS. The minimum Gasteiger partial charge on any atom is -0.342 e. The highest BCUT2D eigenvalue weighted by Crippen LogP contribution is 2.32. The first kappa shape index (κ1) is 17.4. The second kappa shape index (κ2) is 7.70. The molecule has 1 fully saturated rings. The van der Waals surface area contributed by atoms with Crippen molar-refractivity contribution in [2.24, 2.45) is 5.92 Å². The van der Waals surface area contributed by atoms with E-state index in [2.05, 4.69) is 11.1 Å². The maximum Gasteiger partial charge on any atom is 0.162 e. The number of nitrogens with zero attached hydrogens (tertiary/aromatic N) is 2. The van der Waals surface area contributed by atoms with Crippen molar-refractivity contribution >= 4 is 23.0 Å². The van der Waals surface area contributed by atoms with Gasteiger partial charge in [0, 0.05) is 23.7 Å². The average Bonchev–Trinajstić information content (AvgIpc) is 3.29. The lowest BCUT2D eigenvalue weighted by Crippen LogP contribution is -2.43. The van der Waals surface area contributed by atoms with E-state index in [1.54, 1.807) is 17.5 Å². The lowest BCUT2D eigenvalue weighted by atomic mass is 9.83. The average molecular weight is 368 g/mol. The number of hydrogen-bond acceptors (Lipinski definition) is 4. The number of thiazole rings is 1. The van der Waals surface area contributed by atoms with E-state index in [0.29, 0.717) is 24.7 Å². The summed E-state index contributed by atoms with van der Waals surface area (Å²) < 4.78 is 0. The number of rotatable bonds is 6. The molecule has 1 unspecified atom stereocenters. The van der Waals surface area contributed by atoms with Gasteiger partial charge < -0.3 is 4.90 Å². The molecule has 0 radical (unpaired) electrons. The molecule has 0 bridgehead atoms. The molecule has 2 heterocycles. The topological polar surface area (TPSA) is 57.1 Å². The van der Waals surface area contributed by atoms with Crippen LogP contribution in [-0.2, 0) is 17.8 Å². The Labute approximate surface area is 158 Å². The minimum atomic E-state index is -0.207. The van der Waals surface area contributed by atoms with E-state index in [9.17, 15) is 4.79 Å². The first-order valence-electron chi connectivity index (χ1n) is 9.57. The monoisotopic (exact) mass is 367 g/mol. The molecule has 2 aliphatic rings. The summed E-state index contributed by atoms with van der Waals surface area (Å²) in [5.41, 5.74) is 2.14. The second-order valence-corrected chi connectivity index (χ2v) is 8.44. The lowest BCUT2D eigenvalue weighted by molar-refractivity contribution is -0.123. The number of benzene rings is 1. The number of nitrogens with one attached hydrogen (secondary N) is 1. The Bertz CT molecular complexity index is 780. The Morgan fingerprint density at radius 1 is 1.27 bits per heavy atom. The fourth-order valence-electron chi connectivity index (χ4n) is 4.35. The molecule has 1 aliphatic carbocycles. The zero-order chi connectivity index (χ0) is 17.9. The van der Waals surface area contributed by atoms with Gasteiger partial charge in [0.2, 0.25) is 0 Å². The van der Waals surface area contributed by atoms with Gasteiger partial charge in [-0.2, -0.15) is 0 Å². The maximum absolute atomic E-state index is 13.2. The van der Waals surface area contributed by atoms with Crippen LogP contribution in [0.15, 0.2) is 35.8 Å². The van der Waals surface area contributed by atoms with Crippen molar-refractivity contribution in [2.75, 3.05) is 0 Å². The third-order valence-electron chi connectivity index (χ3n) is 5.74. The number of hydrogen-bond donors (Lipinski definition) is 1. The third-order valence-corrected chi connectivity index (χ3v) is 6.52. The zero-order valence-electron chi connectivity index (χ0n) is 15.0. The predicted octanol–water partition coefficient (Wildman–Crippen LogP) is 4.43. The van der Waals surface area contributed by atoms with E-state index in [4.69, 9.17) is 5.41 Å². The normalized spacial score (nSPS) is 18.8. The van der Waals surface area contributed by atoms with Crippen LogP contribution in [0.4, 0.5) is 0 Å². The van der Waals surface area contributed by atoms with Gasteiger partial charge in [-0.25, -0.2) is 4.98 Å². The van der Waals surface area contributed by atoms with Gasteiger partial charge in [-0.05, 0) is 17.9 Å². The molecule has 1 N–H and O–H groups in total. The van der Waals surface area contributed by atoms with E-state index in [1.165, 1.54) is 32.1 Å². The van der Waals surface area contributed by atoms with Crippen molar-refractivity contribution < 1.29 is 4.79 Å². The van der Waals surface area contributed by atoms with Crippen LogP contribution in [0.1, 0.15) is 54.7 Å². The van der Waals surface area contributed by atoms with Crippen molar-refractivity contribution in [3.63, 3.8) is 0 Å². The highest BCUT2D eigenvalue weighted by Gasteiger charge is 2.35. The Balaban J connectivity index is 1.56. The molecule has 5 heteroatoms. The smallest absolute Gasteiger partial charge is 0.162 e. The molecule has 0 amide bonds. The van der Waals surface area contributed by atoms with Crippen molar-refractivity contribution in [1.82, 2.24) is 9.88 Å². The summed E-state index contributed by atoms with van der Waals surface area (Å²) in [4.78, 5) is 19.5. The van der Waals surface area contributed by atoms with Crippen molar-refractivity contribution in [3.05, 3.63) is 52.0 Å². The first-order chi connectivity index (χ1) is 12.7. The third kappa shape index (κ3) is 3.58. The van der Waals surface area contributed by atoms with Gasteiger partial charge in [0.1, 0.15) is 5.84 Å². The van der Waals surface area contributed by atoms with Crippen LogP contribution in [0.25, 0.3) is 0 Å². The molecule has 1 aliphatic heterocycles. The fourth-order valence-corrected chi connectivity index (χ4v) is 4.98. The van der Waals surface area contributed by atoms with Crippen LogP contribution in [-0.4, -0.2) is 27.5 Å². The summed E-state index contributed by atoms with van der Waals surface area (Å²) in [5.74, 6) is 1.32. The Hall–Kier alpha value is -2.01. The summed E-state index contributed by atoms with van der Waals surface area (Å²) in [6, 6.07) is 7.86. The highest BCUT2D eigenvalue weighted by molar-refractivity contribution is 7.09. The van der Waals surface area contributed by atoms with Gasteiger partial charge in [-0.3, -0.25) is 10.2 Å². The molecule has 2 aromatic rings. The zero-order valence-corrected chi connectivity index (χ0v) is 15.8. The van der Waals surface area contributed by atoms with E-state index < -0.39 is 0 Å². The molecule has 0 saturated heterocycles. The Morgan fingerprint density at radius 2 is 2.08 bits per heavy atom. The van der Waals surface area contributed by atoms with Crippen molar-refractivity contribution in [2.45, 2.75) is 57.5 Å². The van der Waals surface area contributed by atoms with E-state index in [0.717, 1.165) is 22.6 Å². The maximum atomic E-state index is 13.2. The number of fused-ring (bicyclic) bond motifs is 1. The second-order valence-electron chi connectivity index (χ2n) is 7.46. The number of carbonyl (C=O) groups excluding carboxylic acids is 1. The number of ketones is 1. The van der Waals surface area contributed by atoms with Crippen LogP contribution < -0.4 is 0 Å². The summed E-state index contributed by atoms with van der Waals surface area (Å²) >= 11 is 1.54. The van der Waals surface area contributed by atoms with Crippen LogP contribution in [0, 0.1) is 11.3 Å². The number of aromatic nitrogens is 1. The summed E-state index contributed by atoms with van der Waals surface area (Å²) in [6.07, 6.45) is 9.32. The molecule has 1 atom stereocenters. The Kier molecular flexibility index (Phi) is 5.16. The highest BCUT2D eigenvalue weighted by atomic mass is 32.1. The molecule has 26 heavy (non-hydrogen) atoms. The van der Waals surface area contributed by atoms with Gasteiger partial charge >= 0.3 is 0 Å². The van der Waals surface area contributed by atoms with Crippen LogP contribution in [0.2, 0.25) is 0 Å². The summed E-state index contributed by atoms with van der Waals surface area (Å²) in [7, 11) is 0. The van der Waals surface area contributed by atoms with Gasteiger partial charge in [0.15, 0.2) is 5.78 Å². The Morgan fingerprint density at radius 3 is 2.81 bits per heavy atom. The van der Waals surface area contributed by atoms with Gasteiger partial charge in [-0.15, -0.1) is 11.3 Å². The first-order valence-corrected chi connectivity index (χ1v) is 10.4. The van der Waals surface area contributed by atoms with Crippen LogP contribution in [0.3, 0.4) is 0 Å². The van der Waals surface area contributed by atoms with Crippen LogP contribution in [0.5, 0.6) is 0 Å². The van der Waals surface area contributed by atoms with Gasteiger partial charge in [0.05, 0.1) is 17.5 Å². The number of Topliss-reactive ketones (excluding diaryl/α,β-unsaturated/α-hetero) is 1.